The van der Waals surface area contributed by atoms with Crippen LogP contribution in [0.4, 0.5) is 15.2 Å². The predicted octanol–water partition coefficient (Wildman–Crippen LogP) is 2.15. The predicted molar refractivity (Wildman–Crippen MR) is 70.8 cm³/mol. The molecule has 19 heavy (non-hydrogen) atoms. The van der Waals surface area contributed by atoms with Gasteiger partial charge in [0.1, 0.15) is 0 Å². The SMILES string of the molecule is CCCNc1nnc(C(=O)Nc2ccncc2F)s1. The number of hydrogen-bond acceptors (Lipinski definition) is 6. The maximum absolute atomic E-state index is 13.3. The lowest BCUT2D eigenvalue weighted by molar-refractivity contribution is 0.102. The van der Waals surface area contributed by atoms with Crippen LogP contribution in [0.15, 0.2) is 18.5 Å². The average molecular weight is 281 g/mol. The van der Waals surface area contributed by atoms with Gasteiger partial charge in [-0.1, -0.05) is 18.3 Å². The zero-order valence-corrected chi connectivity index (χ0v) is 11.0. The summed E-state index contributed by atoms with van der Waals surface area (Å²) in [5.74, 6) is -1.09. The molecule has 0 aliphatic heterocycles. The third-order valence-corrected chi connectivity index (χ3v) is 3.05. The summed E-state index contributed by atoms with van der Waals surface area (Å²) in [6.45, 7) is 2.78. The molecule has 1 amide bonds. The monoisotopic (exact) mass is 281 g/mol. The molecule has 2 rings (SSSR count). The topological polar surface area (TPSA) is 79.8 Å². The molecule has 0 radical (unpaired) electrons. The van der Waals surface area contributed by atoms with Gasteiger partial charge >= 0.3 is 0 Å². The number of amides is 1. The number of halogens is 1. The lowest BCUT2D eigenvalue weighted by Crippen LogP contribution is -2.12. The minimum absolute atomic E-state index is 0.0678. The molecule has 6 nitrogen and oxygen atoms in total. The molecule has 2 aromatic rings. The summed E-state index contributed by atoms with van der Waals surface area (Å²) in [5, 5.41) is 13.8. The molecule has 2 N–H and O–H groups in total. The summed E-state index contributed by atoms with van der Waals surface area (Å²) < 4.78 is 13.3. The molecule has 0 aliphatic rings. The molecule has 0 atom stereocenters. The highest BCUT2D eigenvalue weighted by Gasteiger charge is 2.14. The van der Waals surface area contributed by atoms with Crippen molar-refractivity contribution in [2.24, 2.45) is 0 Å². The van der Waals surface area contributed by atoms with Crippen LogP contribution in [0, 0.1) is 5.82 Å². The van der Waals surface area contributed by atoms with Crippen LogP contribution in [0.5, 0.6) is 0 Å². The zero-order chi connectivity index (χ0) is 13.7. The van der Waals surface area contributed by atoms with Crippen molar-refractivity contribution < 1.29 is 9.18 Å². The van der Waals surface area contributed by atoms with Crippen molar-refractivity contribution in [3.8, 4) is 0 Å². The number of carbonyl (C=O) groups excluding carboxylic acids is 1. The number of nitrogens with zero attached hydrogens (tertiary/aromatic N) is 3. The Kier molecular flexibility index (Phi) is 4.35. The van der Waals surface area contributed by atoms with Crippen LogP contribution in [-0.2, 0) is 0 Å². The highest BCUT2D eigenvalue weighted by atomic mass is 32.1. The molecule has 0 unspecified atom stereocenters. The minimum Gasteiger partial charge on any atom is -0.360 e. The molecule has 0 spiro atoms. The van der Waals surface area contributed by atoms with Gasteiger partial charge in [-0.05, 0) is 12.5 Å². The quantitative estimate of drug-likeness (QED) is 0.877. The number of carbonyl (C=O) groups is 1. The Labute approximate surface area is 113 Å². The Morgan fingerprint density at radius 1 is 1.47 bits per heavy atom. The van der Waals surface area contributed by atoms with Gasteiger partial charge in [-0.15, -0.1) is 10.2 Å². The molecule has 0 saturated carbocycles. The second-order valence-corrected chi connectivity index (χ2v) is 4.63. The molecule has 2 aromatic heterocycles. The molecule has 0 saturated heterocycles. The van der Waals surface area contributed by atoms with E-state index in [9.17, 15) is 9.18 Å². The molecule has 2 heterocycles. The van der Waals surface area contributed by atoms with Crippen LogP contribution in [-0.4, -0.2) is 27.6 Å². The number of anilines is 2. The maximum atomic E-state index is 13.3. The van der Waals surface area contributed by atoms with E-state index in [0.717, 1.165) is 30.5 Å². The second-order valence-electron chi connectivity index (χ2n) is 3.65. The van der Waals surface area contributed by atoms with Crippen molar-refractivity contribution in [3.63, 3.8) is 0 Å². The molecule has 0 bridgehead atoms. The van der Waals surface area contributed by atoms with Crippen LogP contribution in [0.25, 0.3) is 0 Å². The molecule has 8 heteroatoms. The molecule has 100 valence electrons. The summed E-state index contributed by atoms with van der Waals surface area (Å²) in [6, 6.07) is 1.38. The van der Waals surface area contributed by atoms with Crippen LogP contribution in [0.3, 0.4) is 0 Å². The smallest absolute Gasteiger partial charge is 0.286 e. The van der Waals surface area contributed by atoms with E-state index < -0.39 is 11.7 Å². The first-order valence-corrected chi connectivity index (χ1v) is 6.50. The normalized spacial score (nSPS) is 10.2. The van der Waals surface area contributed by atoms with Gasteiger partial charge in [0.2, 0.25) is 10.1 Å². The summed E-state index contributed by atoms with van der Waals surface area (Å²) in [5.41, 5.74) is 0.0678. The Bertz CT molecular complexity index is 574. The van der Waals surface area contributed by atoms with E-state index in [1.54, 1.807) is 0 Å². The highest BCUT2D eigenvalue weighted by molar-refractivity contribution is 7.17. The van der Waals surface area contributed by atoms with Gasteiger partial charge in [-0.3, -0.25) is 9.78 Å². The molecule has 0 aliphatic carbocycles. The second kappa shape index (κ2) is 6.19. The summed E-state index contributed by atoms with van der Waals surface area (Å²) in [4.78, 5) is 15.4. The number of rotatable bonds is 5. The fourth-order valence-corrected chi connectivity index (χ4v) is 1.94. The Balaban J connectivity index is 2.04. The van der Waals surface area contributed by atoms with Crippen molar-refractivity contribution in [2.75, 3.05) is 17.2 Å². The summed E-state index contributed by atoms with van der Waals surface area (Å²) in [6.07, 6.45) is 3.38. The van der Waals surface area contributed by atoms with E-state index >= 15 is 0 Å². The van der Waals surface area contributed by atoms with Crippen LogP contribution >= 0.6 is 11.3 Å². The van der Waals surface area contributed by atoms with Crippen molar-refractivity contribution in [1.29, 1.82) is 0 Å². The lowest BCUT2D eigenvalue weighted by atomic mass is 10.4. The van der Waals surface area contributed by atoms with Gasteiger partial charge < -0.3 is 10.6 Å². The summed E-state index contributed by atoms with van der Waals surface area (Å²) in [7, 11) is 0. The average Bonchev–Trinajstić information content (AvgIpc) is 2.88. The van der Waals surface area contributed by atoms with Gasteiger partial charge in [0.25, 0.3) is 5.91 Å². The van der Waals surface area contributed by atoms with Crippen molar-refractivity contribution in [3.05, 3.63) is 29.3 Å². The molecule has 0 aromatic carbocycles. The Morgan fingerprint density at radius 2 is 2.32 bits per heavy atom. The standard InChI is InChI=1S/C11H12FN5OS/c1-2-4-14-11-17-16-10(19-11)9(18)15-8-3-5-13-6-7(8)12/h3,5-6H,2,4H2,1H3,(H,14,17)(H,13,15,18). The van der Waals surface area contributed by atoms with E-state index in [0.29, 0.717) is 5.13 Å². The van der Waals surface area contributed by atoms with E-state index in [-0.39, 0.29) is 10.7 Å². The number of pyridine rings is 1. The zero-order valence-electron chi connectivity index (χ0n) is 10.2. The summed E-state index contributed by atoms with van der Waals surface area (Å²) >= 11 is 1.12. The molecular formula is C11H12FN5OS. The van der Waals surface area contributed by atoms with Gasteiger partial charge in [-0.2, -0.15) is 0 Å². The first kappa shape index (κ1) is 13.3. The Morgan fingerprint density at radius 3 is 3.05 bits per heavy atom. The van der Waals surface area contributed by atoms with Crippen molar-refractivity contribution in [1.82, 2.24) is 15.2 Å². The van der Waals surface area contributed by atoms with E-state index in [2.05, 4.69) is 25.8 Å². The van der Waals surface area contributed by atoms with Crippen LogP contribution < -0.4 is 10.6 Å². The van der Waals surface area contributed by atoms with Gasteiger partial charge in [0.15, 0.2) is 5.82 Å². The van der Waals surface area contributed by atoms with Gasteiger partial charge in [0.05, 0.1) is 11.9 Å². The number of aromatic nitrogens is 3. The minimum atomic E-state index is -0.593. The first-order valence-electron chi connectivity index (χ1n) is 5.69. The fraction of sp³-hybridized carbons (Fsp3) is 0.273. The molecule has 0 fully saturated rings. The van der Waals surface area contributed by atoms with Crippen LogP contribution in [0.2, 0.25) is 0 Å². The largest absolute Gasteiger partial charge is 0.360 e. The lowest BCUT2D eigenvalue weighted by Gasteiger charge is -2.02. The third-order valence-electron chi connectivity index (χ3n) is 2.17. The van der Waals surface area contributed by atoms with Gasteiger partial charge in [0, 0.05) is 12.7 Å². The Hall–Kier alpha value is -2.09. The van der Waals surface area contributed by atoms with Crippen LogP contribution in [0.1, 0.15) is 23.1 Å². The third kappa shape index (κ3) is 3.44. The van der Waals surface area contributed by atoms with E-state index in [1.807, 2.05) is 6.92 Å². The maximum Gasteiger partial charge on any atom is 0.286 e. The van der Waals surface area contributed by atoms with E-state index in [4.69, 9.17) is 0 Å². The van der Waals surface area contributed by atoms with Crippen molar-refractivity contribution in [2.45, 2.75) is 13.3 Å². The van der Waals surface area contributed by atoms with Gasteiger partial charge in [-0.25, -0.2) is 4.39 Å². The fourth-order valence-electron chi connectivity index (χ4n) is 1.27. The number of hydrogen-bond donors (Lipinski definition) is 2. The van der Waals surface area contributed by atoms with E-state index in [1.165, 1.54) is 12.3 Å². The first-order chi connectivity index (χ1) is 9.20. The number of nitrogens with one attached hydrogen (secondary N) is 2. The van der Waals surface area contributed by atoms with Crippen molar-refractivity contribution >= 4 is 28.1 Å². The molecular weight excluding hydrogens is 269 g/mol. The highest BCUT2D eigenvalue weighted by Crippen LogP contribution is 2.18.